The summed E-state index contributed by atoms with van der Waals surface area (Å²) in [5.41, 5.74) is 0.912. The highest BCUT2D eigenvalue weighted by Crippen LogP contribution is 2.27. The topological polar surface area (TPSA) is 67.4 Å². The Morgan fingerprint density at radius 3 is 2.37 bits per heavy atom. The minimum absolute atomic E-state index is 0.0549. The number of hydrogen-bond donors (Lipinski definition) is 2. The SMILES string of the molecule is CC[C@H](Oc1cccc2ccccc12)C(=O)Nc1ccccc1C(=O)N[C@@H](C)CC. The minimum atomic E-state index is -0.679. The van der Waals surface area contributed by atoms with Crippen LogP contribution < -0.4 is 15.4 Å². The zero-order valence-corrected chi connectivity index (χ0v) is 17.6. The number of nitrogens with one attached hydrogen (secondary N) is 2. The summed E-state index contributed by atoms with van der Waals surface area (Å²) in [6.07, 6.45) is 0.648. The molecule has 0 bridgehead atoms. The number of amides is 2. The molecule has 0 unspecified atom stereocenters. The van der Waals surface area contributed by atoms with Crippen molar-refractivity contribution in [2.45, 2.75) is 45.8 Å². The van der Waals surface area contributed by atoms with E-state index in [1.165, 1.54) is 0 Å². The van der Waals surface area contributed by atoms with Gasteiger partial charge in [-0.25, -0.2) is 0 Å². The fourth-order valence-corrected chi connectivity index (χ4v) is 3.18. The molecule has 2 atom stereocenters. The lowest BCUT2D eigenvalue weighted by Crippen LogP contribution is -2.35. The van der Waals surface area contributed by atoms with Crippen LogP contribution >= 0.6 is 0 Å². The summed E-state index contributed by atoms with van der Waals surface area (Å²) in [5, 5.41) is 7.83. The van der Waals surface area contributed by atoms with Crippen LogP contribution in [0.5, 0.6) is 5.75 Å². The van der Waals surface area contributed by atoms with Gasteiger partial charge in [-0.2, -0.15) is 0 Å². The standard InChI is InChI=1S/C25H28N2O3/c1-4-17(3)26-24(28)20-14-8-9-15-21(20)27-25(29)22(5-2)30-23-16-10-12-18-11-6-7-13-19(18)23/h6-17,22H,4-5H2,1-3H3,(H,26,28)(H,27,29)/t17-,22-/m0/s1. The van der Waals surface area contributed by atoms with E-state index in [0.29, 0.717) is 23.4 Å². The molecule has 0 aliphatic rings. The zero-order chi connectivity index (χ0) is 21.5. The molecule has 3 rings (SSSR count). The van der Waals surface area contributed by atoms with E-state index < -0.39 is 6.10 Å². The van der Waals surface area contributed by atoms with Crippen molar-refractivity contribution in [3.63, 3.8) is 0 Å². The van der Waals surface area contributed by atoms with Gasteiger partial charge in [0.05, 0.1) is 11.3 Å². The highest BCUT2D eigenvalue weighted by molar-refractivity contribution is 6.04. The van der Waals surface area contributed by atoms with Crippen molar-refractivity contribution >= 4 is 28.3 Å². The molecule has 3 aromatic rings. The van der Waals surface area contributed by atoms with E-state index >= 15 is 0 Å². The van der Waals surface area contributed by atoms with Gasteiger partial charge in [-0.05, 0) is 43.4 Å². The van der Waals surface area contributed by atoms with E-state index in [4.69, 9.17) is 4.74 Å². The third kappa shape index (κ3) is 4.98. The molecule has 0 heterocycles. The molecule has 0 aromatic heterocycles. The molecule has 2 amide bonds. The van der Waals surface area contributed by atoms with Crippen molar-refractivity contribution in [3.05, 3.63) is 72.3 Å². The first-order valence-electron chi connectivity index (χ1n) is 10.4. The molecule has 3 aromatic carbocycles. The van der Waals surface area contributed by atoms with Gasteiger partial charge >= 0.3 is 0 Å². The highest BCUT2D eigenvalue weighted by atomic mass is 16.5. The van der Waals surface area contributed by atoms with Crippen LogP contribution in [0.15, 0.2) is 66.7 Å². The summed E-state index contributed by atoms with van der Waals surface area (Å²) in [4.78, 5) is 25.6. The molecular weight excluding hydrogens is 376 g/mol. The number of hydrogen-bond acceptors (Lipinski definition) is 3. The van der Waals surface area contributed by atoms with E-state index in [1.807, 2.05) is 63.2 Å². The van der Waals surface area contributed by atoms with Crippen molar-refractivity contribution in [2.75, 3.05) is 5.32 Å². The molecule has 0 radical (unpaired) electrons. The molecule has 0 fully saturated rings. The van der Waals surface area contributed by atoms with Gasteiger partial charge in [0, 0.05) is 11.4 Å². The van der Waals surface area contributed by atoms with Crippen LogP contribution in [0.4, 0.5) is 5.69 Å². The number of ether oxygens (including phenoxy) is 1. The quantitative estimate of drug-likeness (QED) is 0.545. The third-order valence-electron chi connectivity index (χ3n) is 5.10. The Hall–Kier alpha value is -3.34. The third-order valence-corrected chi connectivity index (χ3v) is 5.10. The summed E-state index contributed by atoms with van der Waals surface area (Å²) >= 11 is 0. The van der Waals surface area contributed by atoms with Crippen LogP contribution in [-0.2, 0) is 4.79 Å². The lowest BCUT2D eigenvalue weighted by atomic mass is 10.1. The number of anilines is 1. The summed E-state index contributed by atoms with van der Waals surface area (Å²) in [7, 11) is 0. The number of para-hydroxylation sites is 1. The predicted molar refractivity (Wildman–Crippen MR) is 121 cm³/mol. The second-order valence-corrected chi connectivity index (χ2v) is 7.31. The highest BCUT2D eigenvalue weighted by Gasteiger charge is 2.22. The molecule has 0 saturated heterocycles. The maximum absolute atomic E-state index is 13.0. The van der Waals surface area contributed by atoms with Crippen molar-refractivity contribution in [3.8, 4) is 5.75 Å². The molecule has 156 valence electrons. The first kappa shape index (κ1) is 21.4. The van der Waals surface area contributed by atoms with Crippen molar-refractivity contribution in [1.82, 2.24) is 5.32 Å². The summed E-state index contributed by atoms with van der Waals surface area (Å²) in [6.45, 7) is 5.86. The lowest BCUT2D eigenvalue weighted by molar-refractivity contribution is -0.122. The van der Waals surface area contributed by atoms with Gasteiger partial charge in [-0.3, -0.25) is 9.59 Å². The first-order chi connectivity index (χ1) is 14.5. The Morgan fingerprint density at radius 1 is 0.900 bits per heavy atom. The normalized spacial score (nSPS) is 12.8. The van der Waals surface area contributed by atoms with Gasteiger partial charge in [-0.1, -0.05) is 62.4 Å². The number of carbonyl (C=O) groups is 2. The molecule has 0 aliphatic carbocycles. The summed E-state index contributed by atoms with van der Waals surface area (Å²) < 4.78 is 6.08. The smallest absolute Gasteiger partial charge is 0.265 e. The molecule has 0 saturated carbocycles. The van der Waals surface area contributed by atoms with Crippen molar-refractivity contribution < 1.29 is 14.3 Å². The Morgan fingerprint density at radius 2 is 1.60 bits per heavy atom. The van der Waals surface area contributed by atoms with Crippen LogP contribution in [0.2, 0.25) is 0 Å². The van der Waals surface area contributed by atoms with E-state index in [-0.39, 0.29) is 17.9 Å². The Labute approximate surface area is 177 Å². The lowest BCUT2D eigenvalue weighted by Gasteiger charge is -2.20. The average Bonchev–Trinajstić information content (AvgIpc) is 2.77. The van der Waals surface area contributed by atoms with Gasteiger partial charge in [0.25, 0.3) is 11.8 Å². The molecule has 2 N–H and O–H groups in total. The van der Waals surface area contributed by atoms with Gasteiger partial charge in [-0.15, -0.1) is 0 Å². The molecule has 0 aliphatic heterocycles. The number of rotatable bonds is 8. The molecular formula is C25H28N2O3. The van der Waals surface area contributed by atoms with Crippen molar-refractivity contribution in [1.29, 1.82) is 0 Å². The second kappa shape index (κ2) is 9.92. The van der Waals surface area contributed by atoms with Gasteiger partial charge in [0.2, 0.25) is 0 Å². The summed E-state index contributed by atoms with van der Waals surface area (Å²) in [5.74, 6) is 0.176. The maximum atomic E-state index is 13.0. The molecule has 5 nitrogen and oxygen atoms in total. The second-order valence-electron chi connectivity index (χ2n) is 7.31. The maximum Gasteiger partial charge on any atom is 0.265 e. The van der Waals surface area contributed by atoms with Crippen LogP contribution in [0.25, 0.3) is 10.8 Å². The number of carbonyl (C=O) groups excluding carboxylic acids is 2. The number of benzene rings is 3. The Balaban J connectivity index is 1.78. The molecule has 30 heavy (non-hydrogen) atoms. The molecule has 5 heteroatoms. The fraction of sp³-hybridized carbons (Fsp3) is 0.280. The van der Waals surface area contributed by atoms with Crippen LogP contribution in [0.1, 0.15) is 44.0 Å². The van der Waals surface area contributed by atoms with E-state index in [9.17, 15) is 9.59 Å². The predicted octanol–water partition coefficient (Wildman–Crippen LogP) is 5.16. The Kier molecular flexibility index (Phi) is 7.07. The zero-order valence-electron chi connectivity index (χ0n) is 17.6. The van der Waals surface area contributed by atoms with Gasteiger partial charge < -0.3 is 15.4 Å². The fourth-order valence-electron chi connectivity index (χ4n) is 3.18. The van der Waals surface area contributed by atoms with E-state index in [2.05, 4.69) is 10.6 Å². The molecule has 0 spiro atoms. The van der Waals surface area contributed by atoms with Crippen molar-refractivity contribution in [2.24, 2.45) is 0 Å². The van der Waals surface area contributed by atoms with Crippen LogP contribution in [0, 0.1) is 0 Å². The number of fused-ring (bicyclic) bond motifs is 1. The monoisotopic (exact) mass is 404 g/mol. The largest absolute Gasteiger partial charge is 0.480 e. The van der Waals surface area contributed by atoms with Gasteiger partial charge in [0.1, 0.15) is 5.75 Å². The Bertz CT molecular complexity index is 1030. The average molecular weight is 405 g/mol. The van der Waals surface area contributed by atoms with Crippen LogP contribution in [-0.4, -0.2) is 24.0 Å². The minimum Gasteiger partial charge on any atom is -0.480 e. The van der Waals surface area contributed by atoms with E-state index in [0.717, 1.165) is 17.2 Å². The van der Waals surface area contributed by atoms with Crippen LogP contribution in [0.3, 0.4) is 0 Å². The van der Waals surface area contributed by atoms with E-state index in [1.54, 1.807) is 24.3 Å². The summed E-state index contributed by atoms with van der Waals surface area (Å²) in [6, 6.07) is 20.8. The van der Waals surface area contributed by atoms with Gasteiger partial charge in [0.15, 0.2) is 6.10 Å². The first-order valence-corrected chi connectivity index (χ1v) is 10.4.